The zero-order valence-electron chi connectivity index (χ0n) is 16.7. The summed E-state index contributed by atoms with van der Waals surface area (Å²) in [6.45, 7) is 5.46. The number of anilines is 1. The Morgan fingerprint density at radius 2 is 1.83 bits per heavy atom. The molecule has 2 N–H and O–H groups in total. The summed E-state index contributed by atoms with van der Waals surface area (Å²) in [6, 6.07) is 14.6. The molecular formula is C23H27N2O4+. The number of fused-ring (bicyclic) bond motifs is 1. The number of quaternary nitrogens is 1. The van der Waals surface area contributed by atoms with Crippen LogP contribution >= 0.6 is 0 Å². The van der Waals surface area contributed by atoms with Crippen LogP contribution in [0.5, 0.6) is 0 Å². The van der Waals surface area contributed by atoms with Crippen LogP contribution in [-0.2, 0) is 21.6 Å². The van der Waals surface area contributed by atoms with Crippen molar-refractivity contribution in [3.05, 3.63) is 65.2 Å². The van der Waals surface area contributed by atoms with E-state index in [1.807, 2.05) is 24.3 Å². The topological polar surface area (TPSA) is 71.3 Å². The Morgan fingerprint density at radius 3 is 2.52 bits per heavy atom. The third kappa shape index (κ3) is 3.71. The molecule has 1 saturated heterocycles. The molecule has 6 heteroatoms. The number of aliphatic hydroxyl groups is 1. The normalized spacial score (nSPS) is 22.0. The Hall–Kier alpha value is -2.54. The van der Waals surface area contributed by atoms with Crippen LogP contribution < -0.4 is 9.80 Å². The van der Waals surface area contributed by atoms with Gasteiger partial charge in [0, 0.05) is 11.1 Å². The molecular weight excluding hydrogens is 368 g/mol. The molecule has 0 spiro atoms. The van der Waals surface area contributed by atoms with E-state index < -0.39 is 11.5 Å². The summed E-state index contributed by atoms with van der Waals surface area (Å²) in [6.07, 6.45) is 0.631. The number of carbonyl (C=O) groups excluding carboxylic acids is 2. The number of ketones is 1. The van der Waals surface area contributed by atoms with Gasteiger partial charge in [-0.15, -0.1) is 0 Å². The van der Waals surface area contributed by atoms with Crippen molar-refractivity contribution >= 4 is 17.4 Å². The molecule has 1 amide bonds. The van der Waals surface area contributed by atoms with Crippen molar-refractivity contribution in [2.75, 3.05) is 37.9 Å². The lowest BCUT2D eigenvalue weighted by Crippen LogP contribution is -3.15. The Morgan fingerprint density at radius 1 is 1.14 bits per heavy atom. The van der Waals surface area contributed by atoms with Crippen molar-refractivity contribution in [2.24, 2.45) is 0 Å². The van der Waals surface area contributed by atoms with Crippen molar-refractivity contribution < 1.29 is 24.3 Å². The number of amides is 1. The van der Waals surface area contributed by atoms with Crippen LogP contribution in [0.1, 0.15) is 34.8 Å². The quantitative estimate of drug-likeness (QED) is 0.714. The molecule has 0 radical (unpaired) electrons. The second-order valence-electron chi connectivity index (χ2n) is 7.78. The van der Waals surface area contributed by atoms with Crippen molar-refractivity contribution in [1.29, 1.82) is 0 Å². The summed E-state index contributed by atoms with van der Waals surface area (Å²) >= 11 is 0. The van der Waals surface area contributed by atoms with Gasteiger partial charge in [-0.05, 0) is 18.1 Å². The molecule has 0 aromatic heterocycles. The van der Waals surface area contributed by atoms with Crippen LogP contribution in [0.25, 0.3) is 0 Å². The average molecular weight is 395 g/mol. The van der Waals surface area contributed by atoms with Gasteiger partial charge in [-0.25, -0.2) is 0 Å². The number of rotatable bonds is 6. The smallest absolute Gasteiger partial charge is 0.268 e. The Bertz CT molecular complexity index is 905. The van der Waals surface area contributed by atoms with Gasteiger partial charge in [0.1, 0.15) is 13.1 Å². The van der Waals surface area contributed by atoms with Gasteiger partial charge in [0.2, 0.25) is 0 Å². The summed E-state index contributed by atoms with van der Waals surface area (Å²) < 4.78 is 5.40. The molecule has 2 aliphatic heterocycles. The fourth-order valence-corrected chi connectivity index (χ4v) is 4.14. The zero-order chi connectivity index (χ0) is 20.4. The molecule has 1 atom stereocenters. The highest BCUT2D eigenvalue weighted by Gasteiger charge is 2.51. The molecule has 6 nitrogen and oxygen atoms in total. The van der Waals surface area contributed by atoms with Gasteiger partial charge >= 0.3 is 0 Å². The molecule has 2 heterocycles. The predicted molar refractivity (Wildman–Crippen MR) is 109 cm³/mol. The van der Waals surface area contributed by atoms with Gasteiger partial charge in [-0.2, -0.15) is 0 Å². The molecule has 2 aromatic carbocycles. The van der Waals surface area contributed by atoms with E-state index in [-0.39, 0.29) is 12.2 Å². The number of nitrogens with one attached hydrogen (secondary N) is 1. The number of aryl methyl sites for hydroxylation is 1. The maximum Gasteiger partial charge on any atom is 0.268 e. The van der Waals surface area contributed by atoms with Crippen molar-refractivity contribution in [3.63, 3.8) is 0 Å². The number of hydrogen-bond donors (Lipinski definition) is 2. The number of ether oxygens (including phenoxy) is 1. The lowest BCUT2D eigenvalue weighted by molar-refractivity contribution is -0.906. The first-order valence-electron chi connectivity index (χ1n) is 10.2. The highest BCUT2D eigenvalue weighted by Crippen LogP contribution is 2.42. The van der Waals surface area contributed by atoms with Crippen molar-refractivity contribution in [2.45, 2.75) is 25.4 Å². The predicted octanol–water partition coefficient (Wildman–Crippen LogP) is 0.929. The molecule has 4 rings (SSSR count). The maximum atomic E-state index is 13.3. The second kappa shape index (κ2) is 8.06. The minimum atomic E-state index is -1.83. The third-order valence-corrected chi connectivity index (χ3v) is 5.92. The number of carbonyl (C=O) groups is 2. The fourth-order valence-electron chi connectivity index (χ4n) is 4.14. The van der Waals surface area contributed by atoms with Crippen LogP contribution in [0.4, 0.5) is 5.69 Å². The Kier molecular flexibility index (Phi) is 5.50. The molecule has 0 unspecified atom stereocenters. The molecule has 2 aliphatic rings. The molecule has 29 heavy (non-hydrogen) atoms. The van der Waals surface area contributed by atoms with E-state index in [0.717, 1.165) is 25.1 Å². The zero-order valence-corrected chi connectivity index (χ0v) is 16.7. The van der Waals surface area contributed by atoms with Gasteiger partial charge in [0.05, 0.1) is 25.3 Å². The summed E-state index contributed by atoms with van der Waals surface area (Å²) in [5.74, 6) is -0.657. The molecule has 0 aliphatic carbocycles. The Balaban J connectivity index is 1.59. The van der Waals surface area contributed by atoms with E-state index in [1.165, 1.54) is 4.90 Å². The first-order valence-corrected chi connectivity index (χ1v) is 10.2. The number of para-hydroxylation sites is 1. The average Bonchev–Trinajstić information content (AvgIpc) is 2.96. The number of benzene rings is 2. The lowest BCUT2D eigenvalue weighted by Gasteiger charge is -2.29. The largest absolute Gasteiger partial charge is 0.375 e. The van der Waals surface area contributed by atoms with Crippen molar-refractivity contribution in [3.8, 4) is 0 Å². The van der Waals surface area contributed by atoms with Crippen LogP contribution in [0, 0.1) is 0 Å². The third-order valence-electron chi connectivity index (χ3n) is 5.92. The number of hydrogen-bond acceptors (Lipinski definition) is 4. The van der Waals surface area contributed by atoms with Gasteiger partial charge in [0.25, 0.3) is 5.91 Å². The minimum absolute atomic E-state index is 0.237. The highest BCUT2D eigenvalue weighted by atomic mass is 16.5. The number of Topliss-reactive ketones (excluding diaryl/α,β-unsaturated/α-hetero) is 1. The van der Waals surface area contributed by atoms with E-state index in [1.54, 1.807) is 29.2 Å². The standard InChI is InChI=1S/C23H26N2O4/c1-2-17-7-9-18(10-8-17)21(26)15-23(28)19-5-3-4-6-20(19)25(22(23)27)16-24-11-13-29-14-12-24/h3-10,28H,2,11-16H2,1H3/p+1/t23-/m0/s1. The van der Waals surface area contributed by atoms with Crippen LogP contribution in [-0.4, -0.2) is 49.8 Å². The van der Waals surface area contributed by atoms with Crippen LogP contribution in [0.15, 0.2) is 48.5 Å². The summed E-state index contributed by atoms with van der Waals surface area (Å²) in [7, 11) is 0. The minimum Gasteiger partial charge on any atom is -0.375 e. The molecule has 2 aromatic rings. The van der Waals surface area contributed by atoms with E-state index >= 15 is 0 Å². The van der Waals surface area contributed by atoms with Crippen LogP contribution in [0.3, 0.4) is 0 Å². The molecule has 1 fully saturated rings. The second-order valence-corrected chi connectivity index (χ2v) is 7.78. The highest BCUT2D eigenvalue weighted by molar-refractivity contribution is 6.10. The van der Waals surface area contributed by atoms with Gasteiger partial charge in [-0.1, -0.05) is 49.4 Å². The van der Waals surface area contributed by atoms with Crippen molar-refractivity contribution in [1.82, 2.24) is 0 Å². The Labute approximate surface area is 170 Å². The SMILES string of the molecule is CCc1ccc(C(=O)C[C@@]2(O)C(=O)N(C[NH+]3CCOCC3)c3ccccc32)cc1. The first kappa shape index (κ1) is 19.8. The van der Waals surface area contributed by atoms with E-state index in [0.29, 0.717) is 36.7 Å². The molecule has 0 saturated carbocycles. The van der Waals surface area contributed by atoms with Crippen LogP contribution in [0.2, 0.25) is 0 Å². The molecule has 0 bridgehead atoms. The maximum absolute atomic E-state index is 13.3. The van der Waals surface area contributed by atoms with E-state index in [4.69, 9.17) is 4.74 Å². The number of morpholine rings is 1. The van der Waals surface area contributed by atoms with Gasteiger partial charge < -0.3 is 14.7 Å². The first-order chi connectivity index (χ1) is 14.0. The van der Waals surface area contributed by atoms with Gasteiger partial charge in [-0.3, -0.25) is 14.5 Å². The van der Waals surface area contributed by atoms with E-state index in [9.17, 15) is 14.7 Å². The molecule has 152 valence electrons. The van der Waals surface area contributed by atoms with Gasteiger partial charge in [0.15, 0.2) is 18.1 Å². The van der Waals surface area contributed by atoms with E-state index in [2.05, 4.69) is 6.92 Å². The fraction of sp³-hybridized carbons (Fsp3) is 0.391. The number of nitrogens with zero attached hydrogens (tertiary/aromatic N) is 1. The summed E-state index contributed by atoms with van der Waals surface area (Å²) in [4.78, 5) is 29.1. The monoisotopic (exact) mass is 395 g/mol. The summed E-state index contributed by atoms with van der Waals surface area (Å²) in [5.41, 5.74) is 1.02. The summed E-state index contributed by atoms with van der Waals surface area (Å²) in [5, 5.41) is 11.4. The lowest BCUT2D eigenvalue weighted by atomic mass is 9.88.